The lowest BCUT2D eigenvalue weighted by molar-refractivity contribution is -0.0311. The van der Waals surface area contributed by atoms with E-state index in [1.807, 2.05) is 0 Å². The van der Waals surface area contributed by atoms with Crippen LogP contribution >= 0.6 is 0 Å². The Morgan fingerprint density at radius 1 is 1.00 bits per heavy atom. The van der Waals surface area contributed by atoms with Crippen molar-refractivity contribution in [2.45, 2.75) is 44.8 Å². The van der Waals surface area contributed by atoms with E-state index in [0.29, 0.717) is 5.92 Å². The summed E-state index contributed by atoms with van der Waals surface area (Å²) in [6.07, 6.45) is 4.82. The summed E-state index contributed by atoms with van der Waals surface area (Å²) in [5, 5.41) is 0. The monoisotopic (exact) mass is 292 g/mol. The van der Waals surface area contributed by atoms with Crippen molar-refractivity contribution in [2.24, 2.45) is 0 Å². The molecule has 0 amide bonds. The van der Waals surface area contributed by atoms with Gasteiger partial charge in [0.25, 0.3) is 0 Å². The van der Waals surface area contributed by atoms with E-state index in [0.717, 1.165) is 12.8 Å². The lowest BCUT2D eigenvalue weighted by atomic mass is 9.85. The van der Waals surface area contributed by atoms with E-state index >= 15 is 0 Å². The average molecular weight is 292 g/mol. The molecule has 1 aliphatic heterocycles. The maximum absolute atomic E-state index is 6.52. The molecule has 1 nitrogen and oxygen atoms in total. The molecule has 0 N–H and O–H groups in total. The van der Waals surface area contributed by atoms with E-state index in [1.54, 1.807) is 0 Å². The number of ether oxygens (including phenoxy) is 1. The molecule has 3 rings (SSSR count). The highest BCUT2D eigenvalue weighted by atomic mass is 16.5. The smallest absolute Gasteiger partial charge is 0.0859 e. The van der Waals surface area contributed by atoms with Crippen LogP contribution in [0.2, 0.25) is 0 Å². The highest BCUT2D eigenvalue weighted by Crippen LogP contribution is 2.39. The van der Waals surface area contributed by atoms with E-state index in [4.69, 9.17) is 4.74 Å². The Labute approximate surface area is 133 Å². The molecule has 3 unspecified atom stereocenters. The Hall–Kier alpha value is -1.86. The summed E-state index contributed by atoms with van der Waals surface area (Å²) in [6, 6.07) is 21.3. The molecule has 22 heavy (non-hydrogen) atoms. The maximum atomic E-state index is 6.52. The molecule has 1 heteroatoms. The van der Waals surface area contributed by atoms with Crippen LogP contribution in [0.1, 0.15) is 49.8 Å². The normalized spacial score (nSPS) is 25.1. The second-order valence-corrected chi connectivity index (χ2v) is 6.06. The minimum absolute atomic E-state index is 0.173. The van der Waals surface area contributed by atoms with Crippen molar-refractivity contribution in [1.82, 2.24) is 0 Å². The van der Waals surface area contributed by atoms with Gasteiger partial charge in [-0.1, -0.05) is 73.7 Å². The van der Waals surface area contributed by atoms with Gasteiger partial charge in [0.05, 0.1) is 12.2 Å². The molecular formula is C21H24O. The molecule has 1 saturated heterocycles. The van der Waals surface area contributed by atoms with E-state index < -0.39 is 0 Å². The molecule has 0 aliphatic carbocycles. The molecule has 1 fully saturated rings. The minimum atomic E-state index is 0.173. The van der Waals surface area contributed by atoms with Gasteiger partial charge in [0.1, 0.15) is 0 Å². The van der Waals surface area contributed by atoms with Gasteiger partial charge in [-0.3, -0.25) is 0 Å². The Balaban J connectivity index is 1.83. The average Bonchev–Trinajstić information content (AvgIpc) is 2.62. The predicted octanol–water partition coefficient (Wildman–Crippen LogP) is 5.66. The number of hydrogen-bond donors (Lipinski definition) is 0. The fraction of sp³-hybridized carbons (Fsp3) is 0.333. The standard InChI is InChI=1S/C21H24O/c1-3-17-14-15-20(19-12-8-5-9-13-19)22-21(17)16(2)18-10-6-4-7-11-18/h3-13,16,20-21H,14-15H2,1-2H3. The van der Waals surface area contributed by atoms with Crippen molar-refractivity contribution in [3.05, 3.63) is 83.4 Å². The van der Waals surface area contributed by atoms with Crippen LogP contribution in [0.25, 0.3) is 0 Å². The molecule has 1 aliphatic rings. The van der Waals surface area contributed by atoms with Crippen LogP contribution in [-0.4, -0.2) is 6.10 Å². The zero-order valence-corrected chi connectivity index (χ0v) is 13.4. The summed E-state index contributed by atoms with van der Waals surface area (Å²) in [4.78, 5) is 0. The molecular weight excluding hydrogens is 268 g/mol. The van der Waals surface area contributed by atoms with Gasteiger partial charge in [0.2, 0.25) is 0 Å². The molecule has 0 spiro atoms. The quantitative estimate of drug-likeness (QED) is 0.663. The van der Waals surface area contributed by atoms with Crippen molar-refractivity contribution >= 4 is 0 Å². The minimum Gasteiger partial charge on any atom is -0.365 e. The lowest BCUT2D eigenvalue weighted by Crippen LogP contribution is -2.29. The van der Waals surface area contributed by atoms with Crippen LogP contribution in [0.3, 0.4) is 0 Å². The van der Waals surface area contributed by atoms with Gasteiger partial charge in [-0.25, -0.2) is 0 Å². The van der Waals surface area contributed by atoms with Crippen molar-refractivity contribution in [2.75, 3.05) is 0 Å². The first-order chi connectivity index (χ1) is 10.8. The molecule has 3 atom stereocenters. The summed E-state index contributed by atoms with van der Waals surface area (Å²) in [7, 11) is 0. The Bertz CT molecular complexity index is 615. The van der Waals surface area contributed by atoms with Gasteiger partial charge in [0, 0.05) is 5.92 Å². The zero-order chi connectivity index (χ0) is 15.4. The van der Waals surface area contributed by atoms with Crippen molar-refractivity contribution < 1.29 is 4.74 Å². The van der Waals surface area contributed by atoms with Crippen molar-refractivity contribution in [1.29, 1.82) is 0 Å². The second-order valence-electron chi connectivity index (χ2n) is 6.06. The number of hydrogen-bond acceptors (Lipinski definition) is 1. The molecule has 114 valence electrons. The highest BCUT2D eigenvalue weighted by Gasteiger charge is 2.31. The van der Waals surface area contributed by atoms with Crippen molar-refractivity contribution in [3.63, 3.8) is 0 Å². The summed E-state index contributed by atoms with van der Waals surface area (Å²) in [5.74, 6) is 0.374. The summed E-state index contributed by atoms with van der Waals surface area (Å²) >= 11 is 0. The van der Waals surface area contributed by atoms with Gasteiger partial charge in [-0.2, -0.15) is 0 Å². The predicted molar refractivity (Wildman–Crippen MR) is 91.9 cm³/mol. The summed E-state index contributed by atoms with van der Waals surface area (Å²) in [5.41, 5.74) is 4.08. The van der Waals surface area contributed by atoms with Gasteiger partial charge in [0.15, 0.2) is 0 Å². The third-order valence-electron chi connectivity index (χ3n) is 4.69. The number of allylic oxidation sites excluding steroid dienone is 1. The molecule has 2 aromatic rings. The Kier molecular flexibility index (Phi) is 4.74. The zero-order valence-electron chi connectivity index (χ0n) is 13.4. The van der Waals surface area contributed by atoms with Gasteiger partial charge in [-0.05, 0) is 36.5 Å². The van der Waals surface area contributed by atoms with E-state index in [9.17, 15) is 0 Å². The van der Waals surface area contributed by atoms with Crippen LogP contribution < -0.4 is 0 Å². The van der Waals surface area contributed by atoms with Crippen LogP contribution in [0, 0.1) is 0 Å². The fourth-order valence-corrected chi connectivity index (χ4v) is 3.36. The van der Waals surface area contributed by atoms with Gasteiger partial charge < -0.3 is 4.74 Å². The first kappa shape index (κ1) is 15.1. The third-order valence-corrected chi connectivity index (χ3v) is 4.69. The van der Waals surface area contributed by atoms with Crippen LogP contribution in [0.15, 0.2) is 72.3 Å². The summed E-state index contributed by atoms with van der Waals surface area (Å²) < 4.78 is 6.52. The first-order valence-electron chi connectivity index (χ1n) is 8.20. The van der Waals surface area contributed by atoms with E-state index in [-0.39, 0.29) is 12.2 Å². The molecule has 0 radical (unpaired) electrons. The molecule has 2 aromatic carbocycles. The molecule has 0 saturated carbocycles. The van der Waals surface area contributed by atoms with Crippen LogP contribution in [0.4, 0.5) is 0 Å². The second kappa shape index (κ2) is 6.93. The highest BCUT2D eigenvalue weighted by molar-refractivity contribution is 5.27. The van der Waals surface area contributed by atoms with E-state index in [1.165, 1.54) is 16.7 Å². The Morgan fingerprint density at radius 2 is 1.64 bits per heavy atom. The summed E-state index contributed by atoms with van der Waals surface area (Å²) in [6.45, 7) is 4.41. The molecule has 0 bridgehead atoms. The lowest BCUT2D eigenvalue weighted by Gasteiger charge is -2.36. The fourth-order valence-electron chi connectivity index (χ4n) is 3.36. The SMILES string of the molecule is CC=C1CCC(c2ccccc2)OC1C(C)c1ccccc1. The van der Waals surface area contributed by atoms with E-state index in [2.05, 4.69) is 80.6 Å². The first-order valence-corrected chi connectivity index (χ1v) is 8.20. The third kappa shape index (κ3) is 3.15. The topological polar surface area (TPSA) is 9.23 Å². The number of benzene rings is 2. The van der Waals surface area contributed by atoms with Crippen LogP contribution in [-0.2, 0) is 4.74 Å². The largest absolute Gasteiger partial charge is 0.365 e. The number of rotatable bonds is 3. The van der Waals surface area contributed by atoms with Gasteiger partial charge >= 0.3 is 0 Å². The van der Waals surface area contributed by atoms with Crippen LogP contribution in [0.5, 0.6) is 0 Å². The molecule has 0 aromatic heterocycles. The molecule has 1 heterocycles. The maximum Gasteiger partial charge on any atom is 0.0859 e. The van der Waals surface area contributed by atoms with Gasteiger partial charge in [-0.15, -0.1) is 0 Å². The Morgan fingerprint density at radius 3 is 2.27 bits per heavy atom. The van der Waals surface area contributed by atoms with Crippen molar-refractivity contribution in [3.8, 4) is 0 Å².